The number of carbonyl (C=O) groups excluding carboxylic acids is 1. The van der Waals surface area contributed by atoms with Crippen LogP contribution in [0.4, 0.5) is 0 Å². The average molecular weight is 299 g/mol. The molecule has 0 spiro atoms. The van der Waals surface area contributed by atoms with Gasteiger partial charge < -0.3 is 9.64 Å². The lowest BCUT2D eigenvalue weighted by atomic mass is 9.82. The summed E-state index contributed by atoms with van der Waals surface area (Å²) in [7, 11) is 0. The van der Waals surface area contributed by atoms with Crippen molar-refractivity contribution in [2.75, 3.05) is 6.61 Å². The zero-order valence-electron chi connectivity index (χ0n) is 13.1. The van der Waals surface area contributed by atoms with Gasteiger partial charge >= 0.3 is 0 Å². The Morgan fingerprint density at radius 1 is 1.09 bits per heavy atom. The van der Waals surface area contributed by atoms with Crippen molar-refractivity contribution in [2.45, 2.75) is 57.2 Å². The fraction of sp³-hybridized carbons (Fsp3) is 0.632. The predicted molar refractivity (Wildman–Crippen MR) is 85.1 cm³/mol. The Hall–Kier alpha value is -1.35. The first-order valence-electron chi connectivity index (χ1n) is 8.81. The molecule has 1 aliphatic carbocycles. The van der Waals surface area contributed by atoms with E-state index < -0.39 is 0 Å². The Bertz CT molecular complexity index is 523. The third-order valence-electron chi connectivity index (χ3n) is 5.68. The first-order chi connectivity index (χ1) is 10.8. The van der Waals surface area contributed by atoms with Crippen molar-refractivity contribution in [1.29, 1.82) is 0 Å². The second-order valence-corrected chi connectivity index (χ2v) is 7.17. The van der Waals surface area contributed by atoms with E-state index >= 15 is 0 Å². The Kier molecular flexibility index (Phi) is 3.91. The van der Waals surface area contributed by atoms with E-state index in [0.717, 1.165) is 24.3 Å². The van der Waals surface area contributed by atoms with Gasteiger partial charge in [0.1, 0.15) is 0 Å². The van der Waals surface area contributed by atoms with Gasteiger partial charge in [0.2, 0.25) is 5.91 Å². The fourth-order valence-electron chi connectivity index (χ4n) is 4.57. The number of rotatable bonds is 3. The van der Waals surface area contributed by atoms with Crippen LogP contribution in [0.15, 0.2) is 30.3 Å². The molecule has 0 N–H and O–H groups in total. The van der Waals surface area contributed by atoms with Crippen LogP contribution >= 0.6 is 0 Å². The molecule has 1 amide bonds. The van der Waals surface area contributed by atoms with Crippen LogP contribution in [0.1, 0.15) is 56.7 Å². The largest absolute Gasteiger partial charge is 0.352 e. The van der Waals surface area contributed by atoms with Gasteiger partial charge in [0.25, 0.3) is 0 Å². The highest BCUT2D eigenvalue weighted by Gasteiger charge is 2.48. The lowest BCUT2D eigenvalue weighted by Crippen LogP contribution is -2.32. The molecule has 118 valence electrons. The van der Waals surface area contributed by atoms with Crippen LogP contribution in [0, 0.1) is 11.8 Å². The molecule has 0 bridgehead atoms. The number of benzene rings is 1. The quantitative estimate of drug-likeness (QED) is 0.847. The molecule has 1 saturated carbocycles. The molecule has 2 saturated heterocycles. The molecule has 1 unspecified atom stereocenters. The third-order valence-corrected chi connectivity index (χ3v) is 5.68. The molecule has 22 heavy (non-hydrogen) atoms. The number of hydrogen-bond acceptors (Lipinski definition) is 2. The summed E-state index contributed by atoms with van der Waals surface area (Å²) in [6.07, 6.45) is 8.69. The van der Waals surface area contributed by atoms with Crippen molar-refractivity contribution in [3.05, 3.63) is 35.9 Å². The SMILES string of the molecule is O=C1C(CC2CCCCC2)C[C@H]2CO[C@H](c3ccccc3)N12. The maximum Gasteiger partial charge on any atom is 0.228 e. The van der Waals surface area contributed by atoms with Crippen LogP contribution in [0.2, 0.25) is 0 Å². The van der Waals surface area contributed by atoms with E-state index in [1.807, 2.05) is 23.1 Å². The van der Waals surface area contributed by atoms with E-state index in [2.05, 4.69) is 12.1 Å². The van der Waals surface area contributed by atoms with Gasteiger partial charge in [0.15, 0.2) is 6.23 Å². The molecule has 0 radical (unpaired) electrons. The minimum absolute atomic E-state index is 0.157. The van der Waals surface area contributed by atoms with Gasteiger partial charge in [0.05, 0.1) is 12.6 Å². The van der Waals surface area contributed by atoms with E-state index in [1.54, 1.807) is 0 Å². The van der Waals surface area contributed by atoms with Gasteiger partial charge in [-0.15, -0.1) is 0 Å². The highest BCUT2D eigenvalue weighted by Crippen LogP contribution is 2.42. The van der Waals surface area contributed by atoms with Crippen LogP contribution in [-0.2, 0) is 9.53 Å². The normalized spacial score (nSPS) is 32.5. The summed E-state index contributed by atoms with van der Waals surface area (Å²) in [5, 5.41) is 0. The first-order valence-corrected chi connectivity index (χ1v) is 8.81. The Balaban J connectivity index is 1.46. The molecule has 3 nitrogen and oxygen atoms in total. The van der Waals surface area contributed by atoms with E-state index in [4.69, 9.17) is 4.74 Å². The molecular weight excluding hydrogens is 274 g/mol. The van der Waals surface area contributed by atoms with Gasteiger partial charge in [0, 0.05) is 11.5 Å². The zero-order valence-corrected chi connectivity index (χ0v) is 13.1. The summed E-state index contributed by atoms with van der Waals surface area (Å²) in [5.41, 5.74) is 1.11. The van der Waals surface area contributed by atoms with E-state index in [9.17, 15) is 4.79 Å². The first kappa shape index (κ1) is 14.3. The molecule has 3 fully saturated rings. The number of fused-ring (bicyclic) bond motifs is 1. The molecule has 1 aromatic rings. The van der Waals surface area contributed by atoms with Crippen LogP contribution in [0.5, 0.6) is 0 Å². The zero-order chi connectivity index (χ0) is 14.9. The molecule has 2 heterocycles. The Labute approximate surface area is 132 Å². The fourth-order valence-corrected chi connectivity index (χ4v) is 4.57. The second kappa shape index (κ2) is 6.04. The lowest BCUT2D eigenvalue weighted by molar-refractivity contribution is -0.137. The molecule has 3 heteroatoms. The number of ether oxygens (including phenoxy) is 1. The summed E-state index contributed by atoms with van der Waals surface area (Å²) < 4.78 is 5.92. The minimum atomic E-state index is -0.157. The van der Waals surface area contributed by atoms with Crippen LogP contribution < -0.4 is 0 Å². The lowest BCUT2D eigenvalue weighted by Gasteiger charge is -2.26. The summed E-state index contributed by atoms with van der Waals surface area (Å²) in [6, 6.07) is 10.5. The molecule has 0 aromatic heterocycles. The number of nitrogens with zero attached hydrogens (tertiary/aromatic N) is 1. The standard InChI is InChI=1S/C19H25NO2/c21-18-16(11-14-7-3-1-4-8-14)12-17-13-22-19(20(17)18)15-9-5-2-6-10-15/h2,5-6,9-10,14,16-17,19H,1,3-4,7-8,11-13H2/t16?,17-,19+/m0/s1. The maximum absolute atomic E-state index is 12.9. The summed E-state index contributed by atoms with van der Waals surface area (Å²) >= 11 is 0. The van der Waals surface area contributed by atoms with E-state index in [1.165, 1.54) is 32.1 Å². The van der Waals surface area contributed by atoms with Gasteiger partial charge in [-0.25, -0.2) is 0 Å². The van der Waals surface area contributed by atoms with Crippen LogP contribution in [-0.4, -0.2) is 23.5 Å². The summed E-state index contributed by atoms with van der Waals surface area (Å²) in [5.74, 6) is 1.35. The second-order valence-electron chi connectivity index (χ2n) is 7.17. The predicted octanol–water partition coefficient (Wildman–Crippen LogP) is 3.90. The van der Waals surface area contributed by atoms with Crippen molar-refractivity contribution in [3.63, 3.8) is 0 Å². The highest BCUT2D eigenvalue weighted by atomic mass is 16.5. The highest BCUT2D eigenvalue weighted by molar-refractivity contribution is 5.82. The molecule has 3 aliphatic rings. The van der Waals surface area contributed by atoms with Gasteiger partial charge in [-0.3, -0.25) is 4.79 Å². The Morgan fingerprint density at radius 3 is 2.64 bits per heavy atom. The average Bonchev–Trinajstić information content (AvgIpc) is 3.11. The maximum atomic E-state index is 12.9. The molecule has 3 atom stereocenters. The molecule has 1 aromatic carbocycles. The minimum Gasteiger partial charge on any atom is -0.352 e. The van der Waals surface area contributed by atoms with Crippen molar-refractivity contribution >= 4 is 5.91 Å². The summed E-state index contributed by atoms with van der Waals surface area (Å²) in [6.45, 7) is 0.701. The van der Waals surface area contributed by atoms with Crippen molar-refractivity contribution in [3.8, 4) is 0 Å². The smallest absolute Gasteiger partial charge is 0.228 e. The Morgan fingerprint density at radius 2 is 1.86 bits per heavy atom. The van der Waals surface area contributed by atoms with Crippen LogP contribution in [0.3, 0.4) is 0 Å². The van der Waals surface area contributed by atoms with Crippen molar-refractivity contribution in [2.24, 2.45) is 11.8 Å². The number of hydrogen-bond donors (Lipinski definition) is 0. The van der Waals surface area contributed by atoms with Crippen molar-refractivity contribution < 1.29 is 9.53 Å². The van der Waals surface area contributed by atoms with E-state index in [0.29, 0.717) is 18.6 Å². The summed E-state index contributed by atoms with van der Waals surface area (Å²) in [4.78, 5) is 14.9. The molecule has 2 aliphatic heterocycles. The van der Waals surface area contributed by atoms with Crippen molar-refractivity contribution in [1.82, 2.24) is 4.90 Å². The monoisotopic (exact) mass is 299 g/mol. The van der Waals surface area contributed by atoms with E-state index in [-0.39, 0.29) is 12.1 Å². The number of carbonyl (C=O) groups is 1. The third kappa shape index (κ3) is 2.56. The topological polar surface area (TPSA) is 29.5 Å². The molecule has 4 rings (SSSR count). The van der Waals surface area contributed by atoms with Gasteiger partial charge in [-0.05, 0) is 18.8 Å². The van der Waals surface area contributed by atoms with Gasteiger partial charge in [-0.2, -0.15) is 0 Å². The van der Waals surface area contributed by atoms with Gasteiger partial charge in [-0.1, -0.05) is 62.4 Å². The molecular formula is C19H25NO2. The van der Waals surface area contributed by atoms with Crippen LogP contribution in [0.25, 0.3) is 0 Å². The number of amides is 1.